The van der Waals surface area contributed by atoms with E-state index in [9.17, 15) is 9.59 Å². The summed E-state index contributed by atoms with van der Waals surface area (Å²) < 4.78 is 4.87. The molecular formula is C15H23N5O2. The lowest BCUT2D eigenvalue weighted by Gasteiger charge is -2.17. The highest BCUT2D eigenvalue weighted by Gasteiger charge is 2.25. The second-order valence-corrected chi connectivity index (χ2v) is 6.50. The highest BCUT2D eigenvalue weighted by Crippen LogP contribution is 2.15. The minimum Gasteiger partial charge on any atom is -0.325 e. The molecule has 2 aromatic heterocycles. The number of rotatable bonds is 3. The highest BCUT2D eigenvalue weighted by atomic mass is 16.2. The van der Waals surface area contributed by atoms with Gasteiger partial charge in [0.25, 0.3) is 5.56 Å². The van der Waals surface area contributed by atoms with E-state index in [1.807, 2.05) is 14.0 Å². The van der Waals surface area contributed by atoms with Crippen molar-refractivity contribution in [3.05, 3.63) is 26.7 Å². The number of nitrogens with one attached hydrogen (secondary N) is 1. The summed E-state index contributed by atoms with van der Waals surface area (Å²) in [4.78, 5) is 30.2. The molecule has 1 aliphatic heterocycles. The average Bonchev–Trinajstić information content (AvgIpc) is 3.05. The summed E-state index contributed by atoms with van der Waals surface area (Å²) in [5.41, 5.74) is 0.561. The van der Waals surface area contributed by atoms with Crippen molar-refractivity contribution in [2.24, 2.45) is 13.0 Å². The van der Waals surface area contributed by atoms with Crippen LogP contribution in [0.1, 0.15) is 32.1 Å². The van der Waals surface area contributed by atoms with E-state index >= 15 is 0 Å². The first-order valence-electron chi connectivity index (χ1n) is 7.81. The normalized spacial score (nSPS) is 18.7. The number of hydrogen-bond donors (Lipinski definition) is 1. The van der Waals surface area contributed by atoms with Crippen molar-refractivity contribution in [2.45, 2.75) is 39.8 Å². The largest absolute Gasteiger partial charge is 0.333 e. The van der Waals surface area contributed by atoms with Gasteiger partial charge in [-0.05, 0) is 25.8 Å². The van der Waals surface area contributed by atoms with Gasteiger partial charge in [0, 0.05) is 20.1 Å². The molecule has 0 saturated carbocycles. The van der Waals surface area contributed by atoms with Crippen molar-refractivity contribution < 1.29 is 0 Å². The molecule has 120 valence electrons. The molecule has 1 N–H and O–H groups in total. The first-order chi connectivity index (χ1) is 10.4. The highest BCUT2D eigenvalue weighted by molar-refractivity contribution is 5.71. The Morgan fingerprint density at radius 2 is 2.09 bits per heavy atom. The van der Waals surface area contributed by atoms with E-state index < -0.39 is 0 Å². The molecule has 0 bridgehead atoms. The maximum Gasteiger partial charge on any atom is 0.333 e. The van der Waals surface area contributed by atoms with Crippen LogP contribution in [0.2, 0.25) is 0 Å². The van der Waals surface area contributed by atoms with E-state index in [0.717, 1.165) is 18.8 Å². The zero-order chi connectivity index (χ0) is 16.0. The topological polar surface area (TPSA) is 73.8 Å². The number of hydrogen-bond acceptors (Lipinski definition) is 4. The molecule has 3 heterocycles. The van der Waals surface area contributed by atoms with Crippen LogP contribution in [0, 0.1) is 12.8 Å². The Kier molecular flexibility index (Phi) is 3.68. The molecule has 7 nitrogen and oxygen atoms in total. The minimum atomic E-state index is -0.238. The molecule has 0 aromatic carbocycles. The second kappa shape index (κ2) is 5.39. The van der Waals surface area contributed by atoms with Gasteiger partial charge >= 0.3 is 5.69 Å². The fraction of sp³-hybridized carbons (Fsp3) is 0.667. The Labute approximate surface area is 128 Å². The number of fused-ring (bicyclic) bond motifs is 1. The van der Waals surface area contributed by atoms with Crippen molar-refractivity contribution in [2.75, 3.05) is 13.1 Å². The molecular weight excluding hydrogens is 282 g/mol. The van der Waals surface area contributed by atoms with E-state index in [2.05, 4.69) is 24.1 Å². The van der Waals surface area contributed by atoms with Crippen molar-refractivity contribution >= 4 is 11.2 Å². The van der Waals surface area contributed by atoms with Crippen molar-refractivity contribution in [3.8, 4) is 0 Å². The summed E-state index contributed by atoms with van der Waals surface area (Å²) in [7, 11) is 1.83. The lowest BCUT2D eigenvalue weighted by molar-refractivity contribution is 0.449. The van der Waals surface area contributed by atoms with Crippen LogP contribution in [-0.2, 0) is 13.6 Å². The fourth-order valence-corrected chi connectivity index (χ4v) is 3.15. The van der Waals surface area contributed by atoms with Gasteiger partial charge in [0.1, 0.15) is 5.82 Å². The van der Waals surface area contributed by atoms with E-state index in [1.165, 1.54) is 4.57 Å². The van der Waals surface area contributed by atoms with E-state index in [0.29, 0.717) is 30.2 Å². The lowest BCUT2D eigenvalue weighted by atomic mass is 10.2. The van der Waals surface area contributed by atoms with Crippen LogP contribution in [0.25, 0.3) is 11.2 Å². The molecule has 1 atom stereocenters. The maximum absolute atomic E-state index is 12.9. The van der Waals surface area contributed by atoms with Gasteiger partial charge in [-0.25, -0.2) is 9.78 Å². The number of imidazole rings is 1. The summed E-state index contributed by atoms with van der Waals surface area (Å²) in [6, 6.07) is -0.0713. The Morgan fingerprint density at radius 1 is 1.36 bits per heavy atom. The second-order valence-electron chi connectivity index (χ2n) is 6.50. The number of nitrogens with zero attached hydrogens (tertiary/aromatic N) is 4. The van der Waals surface area contributed by atoms with Gasteiger partial charge in [-0.2, -0.15) is 0 Å². The molecule has 7 heteroatoms. The van der Waals surface area contributed by atoms with Gasteiger partial charge < -0.3 is 9.88 Å². The molecule has 3 rings (SSSR count). The molecule has 0 spiro atoms. The summed E-state index contributed by atoms with van der Waals surface area (Å²) in [5.74, 6) is 1.04. The number of aryl methyl sites for hydroxylation is 2. The lowest BCUT2D eigenvalue weighted by Crippen LogP contribution is -2.43. The quantitative estimate of drug-likeness (QED) is 0.890. The third-order valence-electron chi connectivity index (χ3n) is 4.36. The van der Waals surface area contributed by atoms with E-state index in [-0.39, 0.29) is 17.3 Å². The molecule has 0 radical (unpaired) electrons. The van der Waals surface area contributed by atoms with Crippen LogP contribution in [0.5, 0.6) is 0 Å². The van der Waals surface area contributed by atoms with Crippen LogP contribution < -0.4 is 16.6 Å². The Balaban J connectivity index is 2.38. The summed E-state index contributed by atoms with van der Waals surface area (Å²) in [6.07, 6.45) is 0.805. The third kappa shape index (κ3) is 2.20. The monoisotopic (exact) mass is 305 g/mol. The minimum absolute atomic E-state index is 0.0713. The summed E-state index contributed by atoms with van der Waals surface area (Å²) >= 11 is 0. The van der Waals surface area contributed by atoms with Crippen molar-refractivity contribution in [1.29, 1.82) is 0 Å². The predicted octanol–water partition coefficient (Wildman–Crippen LogP) is 0.396. The van der Waals surface area contributed by atoms with Crippen LogP contribution in [0.3, 0.4) is 0 Å². The molecule has 22 heavy (non-hydrogen) atoms. The van der Waals surface area contributed by atoms with E-state index in [4.69, 9.17) is 0 Å². The fourth-order valence-electron chi connectivity index (χ4n) is 3.15. The van der Waals surface area contributed by atoms with Crippen molar-refractivity contribution in [1.82, 2.24) is 24.0 Å². The Hall–Kier alpha value is -1.89. The van der Waals surface area contributed by atoms with Crippen LogP contribution in [0.4, 0.5) is 0 Å². The molecule has 1 fully saturated rings. The molecule has 0 amide bonds. The smallest absolute Gasteiger partial charge is 0.325 e. The van der Waals surface area contributed by atoms with Crippen LogP contribution in [-0.4, -0.2) is 31.8 Å². The first kappa shape index (κ1) is 15.0. The average molecular weight is 305 g/mol. The van der Waals surface area contributed by atoms with Gasteiger partial charge in [0.15, 0.2) is 11.2 Å². The van der Waals surface area contributed by atoms with Crippen molar-refractivity contribution in [3.63, 3.8) is 0 Å². The molecule has 2 aromatic rings. The van der Waals surface area contributed by atoms with E-state index in [1.54, 1.807) is 9.13 Å². The van der Waals surface area contributed by atoms with Gasteiger partial charge in [-0.3, -0.25) is 13.9 Å². The molecule has 1 aliphatic rings. The number of aromatic nitrogens is 4. The van der Waals surface area contributed by atoms with Gasteiger partial charge in [0.2, 0.25) is 0 Å². The standard InChI is InChI=1S/C15H23N5O2/c1-9(2)8-19-13-12(18(4)10(3)17-13)14(21)20(15(19)22)11-5-6-16-7-11/h9,11,16H,5-8H2,1-4H3. The Morgan fingerprint density at radius 3 is 2.68 bits per heavy atom. The zero-order valence-corrected chi connectivity index (χ0v) is 13.6. The summed E-state index contributed by atoms with van der Waals surface area (Å²) in [6.45, 7) is 8.03. The first-order valence-corrected chi connectivity index (χ1v) is 7.81. The predicted molar refractivity (Wildman–Crippen MR) is 85.3 cm³/mol. The summed E-state index contributed by atoms with van der Waals surface area (Å²) in [5, 5.41) is 3.22. The maximum atomic E-state index is 12.9. The van der Waals surface area contributed by atoms with Gasteiger partial charge in [-0.15, -0.1) is 0 Å². The van der Waals surface area contributed by atoms with Crippen LogP contribution >= 0.6 is 0 Å². The zero-order valence-electron chi connectivity index (χ0n) is 13.6. The third-order valence-corrected chi connectivity index (χ3v) is 4.36. The molecule has 1 saturated heterocycles. The molecule has 1 unspecified atom stereocenters. The van der Waals surface area contributed by atoms with Crippen LogP contribution in [0.15, 0.2) is 9.59 Å². The molecule has 0 aliphatic carbocycles. The Bertz CT molecular complexity index is 821. The van der Waals surface area contributed by atoms with Gasteiger partial charge in [-0.1, -0.05) is 13.8 Å². The van der Waals surface area contributed by atoms with Gasteiger partial charge in [0.05, 0.1) is 6.04 Å². The SMILES string of the molecule is Cc1nc2c(c(=O)n(C3CCNC3)c(=O)n2CC(C)C)n1C.